The molecule has 0 aliphatic heterocycles. The van der Waals surface area contributed by atoms with E-state index in [1.807, 2.05) is 22.9 Å². The lowest BCUT2D eigenvalue weighted by Gasteiger charge is -2.14. The molecule has 3 aromatic rings. The normalized spacial score (nSPS) is 13.0. The molecule has 156 valence electrons. The van der Waals surface area contributed by atoms with Crippen molar-refractivity contribution in [2.75, 3.05) is 13.2 Å². The van der Waals surface area contributed by atoms with Crippen molar-refractivity contribution in [3.8, 4) is 17.1 Å². The van der Waals surface area contributed by atoms with Crippen molar-refractivity contribution in [1.82, 2.24) is 20.1 Å². The topological polar surface area (TPSA) is 69.0 Å². The highest BCUT2D eigenvalue weighted by molar-refractivity contribution is 6.35. The molecular formula is C22H22Cl2N4O2. The number of pyridine rings is 1. The fourth-order valence-corrected chi connectivity index (χ4v) is 4.12. The second-order valence-corrected chi connectivity index (χ2v) is 7.98. The number of aromatic nitrogens is 3. The third-order valence-corrected chi connectivity index (χ3v) is 5.59. The van der Waals surface area contributed by atoms with Crippen LogP contribution in [0.3, 0.4) is 0 Å². The summed E-state index contributed by atoms with van der Waals surface area (Å²) in [5.74, 6) is 0.212. The highest BCUT2D eigenvalue weighted by atomic mass is 35.5. The van der Waals surface area contributed by atoms with Gasteiger partial charge in [-0.1, -0.05) is 29.3 Å². The molecule has 8 heteroatoms. The summed E-state index contributed by atoms with van der Waals surface area (Å²) in [6.07, 6.45) is 6.13. The summed E-state index contributed by atoms with van der Waals surface area (Å²) >= 11 is 11.9. The van der Waals surface area contributed by atoms with Gasteiger partial charge in [-0.25, -0.2) is 0 Å². The van der Waals surface area contributed by atoms with Gasteiger partial charge in [-0.2, -0.15) is 5.10 Å². The van der Waals surface area contributed by atoms with Gasteiger partial charge in [0, 0.05) is 29.0 Å². The minimum Gasteiger partial charge on any atom is -0.482 e. The van der Waals surface area contributed by atoms with Crippen molar-refractivity contribution < 1.29 is 9.53 Å². The number of carbonyl (C=O) groups is 1. The maximum atomic E-state index is 12.2. The smallest absolute Gasteiger partial charge is 0.258 e. The van der Waals surface area contributed by atoms with Gasteiger partial charge in [-0.15, -0.1) is 0 Å². The van der Waals surface area contributed by atoms with Crippen LogP contribution in [-0.2, 0) is 24.2 Å². The number of amides is 1. The molecule has 4 rings (SSSR count). The molecule has 1 N–H and O–H groups in total. The summed E-state index contributed by atoms with van der Waals surface area (Å²) in [4.78, 5) is 16.6. The molecule has 1 amide bonds. The summed E-state index contributed by atoms with van der Waals surface area (Å²) in [6.45, 7) is 0.951. The van der Waals surface area contributed by atoms with Crippen LogP contribution < -0.4 is 10.1 Å². The first-order valence-electron chi connectivity index (χ1n) is 9.96. The number of fused-ring (bicyclic) bond motifs is 1. The van der Waals surface area contributed by atoms with E-state index in [2.05, 4.69) is 10.3 Å². The van der Waals surface area contributed by atoms with E-state index in [9.17, 15) is 4.79 Å². The Balaban J connectivity index is 1.36. The SMILES string of the molecule is O=C(COc1ccc(Cl)cc1Cl)NCCn1nc(-c2ccccn2)c2c1CCCC2. The van der Waals surface area contributed by atoms with Gasteiger partial charge in [0.15, 0.2) is 6.61 Å². The zero-order chi connectivity index (χ0) is 20.9. The maximum Gasteiger partial charge on any atom is 0.258 e. The lowest BCUT2D eigenvalue weighted by atomic mass is 9.95. The Morgan fingerprint density at radius 1 is 1.17 bits per heavy atom. The number of benzene rings is 1. The summed E-state index contributed by atoms with van der Waals surface area (Å²) in [5, 5.41) is 8.59. The van der Waals surface area contributed by atoms with Crippen LogP contribution >= 0.6 is 23.2 Å². The van der Waals surface area contributed by atoms with Crippen molar-refractivity contribution in [2.24, 2.45) is 0 Å². The number of ether oxygens (including phenoxy) is 1. The average Bonchev–Trinajstić information content (AvgIpc) is 3.13. The molecule has 0 saturated heterocycles. The zero-order valence-electron chi connectivity index (χ0n) is 16.4. The fourth-order valence-electron chi connectivity index (χ4n) is 3.65. The largest absolute Gasteiger partial charge is 0.482 e. The molecule has 30 heavy (non-hydrogen) atoms. The number of hydrogen-bond donors (Lipinski definition) is 1. The van der Waals surface area contributed by atoms with Gasteiger partial charge in [0.25, 0.3) is 5.91 Å². The molecule has 1 aliphatic rings. The summed E-state index contributed by atoms with van der Waals surface area (Å²) in [7, 11) is 0. The van der Waals surface area contributed by atoms with Gasteiger partial charge in [0.2, 0.25) is 0 Å². The first-order chi connectivity index (χ1) is 14.6. The second-order valence-electron chi connectivity index (χ2n) is 7.13. The van der Waals surface area contributed by atoms with Gasteiger partial charge in [0.05, 0.1) is 17.3 Å². The Morgan fingerprint density at radius 3 is 2.83 bits per heavy atom. The number of carbonyl (C=O) groups excluding carboxylic acids is 1. The van der Waals surface area contributed by atoms with E-state index in [0.29, 0.717) is 28.9 Å². The minimum absolute atomic E-state index is 0.113. The Bertz CT molecular complexity index is 1040. The van der Waals surface area contributed by atoms with E-state index < -0.39 is 0 Å². The van der Waals surface area contributed by atoms with E-state index in [4.69, 9.17) is 33.0 Å². The number of nitrogens with zero attached hydrogens (tertiary/aromatic N) is 3. The van der Waals surface area contributed by atoms with Crippen molar-refractivity contribution in [1.29, 1.82) is 0 Å². The molecule has 1 aromatic carbocycles. The summed E-state index contributed by atoms with van der Waals surface area (Å²) < 4.78 is 7.49. The molecular weight excluding hydrogens is 423 g/mol. The fraction of sp³-hybridized carbons (Fsp3) is 0.318. The van der Waals surface area contributed by atoms with Crippen LogP contribution in [-0.4, -0.2) is 33.8 Å². The monoisotopic (exact) mass is 444 g/mol. The first kappa shape index (κ1) is 20.7. The maximum absolute atomic E-state index is 12.2. The van der Waals surface area contributed by atoms with Gasteiger partial charge in [0.1, 0.15) is 11.4 Å². The lowest BCUT2D eigenvalue weighted by molar-refractivity contribution is -0.123. The Morgan fingerprint density at radius 2 is 2.03 bits per heavy atom. The van der Waals surface area contributed by atoms with Gasteiger partial charge >= 0.3 is 0 Å². The van der Waals surface area contributed by atoms with Crippen LogP contribution in [0.1, 0.15) is 24.1 Å². The molecule has 2 heterocycles. The molecule has 0 unspecified atom stereocenters. The van der Waals surface area contributed by atoms with E-state index in [1.54, 1.807) is 24.4 Å². The minimum atomic E-state index is -0.216. The predicted octanol–water partition coefficient (Wildman–Crippen LogP) is 4.33. The molecule has 0 atom stereocenters. The number of hydrogen-bond acceptors (Lipinski definition) is 4. The molecule has 0 bridgehead atoms. The molecule has 0 saturated carbocycles. The Labute approximate surface area is 185 Å². The molecule has 0 spiro atoms. The highest BCUT2D eigenvalue weighted by Gasteiger charge is 2.22. The van der Waals surface area contributed by atoms with Crippen molar-refractivity contribution in [2.45, 2.75) is 32.2 Å². The van der Waals surface area contributed by atoms with Gasteiger partial charge in [-0.05, 0) is 56.0 Å². The first-order valence-corrected chi connectivity index (χ1v) is 10.7. The third kappa shape index (κ3) is 4.77. The lowest BCUT2D eigenvalue weighted by Crippen LogP contribution is -2.32. The van der Waals surface area contributed by atoms with Crippen molar-refractivity contribution >= 4 is 29.1 Å². The molecule has 0 radical (unpaired) electrons. The Hall–Kier alpha value is -2.57. The number of nitrogens with one attached hydrogen (secondary N) is 1. The summed E-state index contributed by atoms with van der Waals surface area (Å²) in [6, 6.07) is 10.8. The molecule has 2 aromatic heterocycles. The van der Waals surface area contributed by atoms with Crippen LogP contribution in [0, 0.1) is 0 Å². The van der Waals surface area contributed by atoms with Crippen LogP contribution in [0.2, 0.25) is 10.0 Å². The van der Waals surface area contributed by atoms with E-state index in [-0.39, 0.29) is 12.5 Å². The third-order valence-electron chi connectivity index (χ3n) is 5.06. The van der Waals surface area contributed by atoms with Crippen molar-refractivity contribution in [3.63, 3.8) is 0 Å². The predicted molar refractivity (Wildman–Crippen MR) is 117 cm³/mol. The average molecular weight is 445 g/mol. The standard InChI is InChI=1S/C22H22Cl2N4O2/c23-15-8-9-20(17(24)13-15)30-14-21(29)26-11-12-28-19-7-2-1-5-16(19)22(27-28)18-6-3-4-10-25-18/h3-4,6,8-10,13H,1-2,5,7,11-12,14H2,(H,26,29). The van der Waals surface area contributed by atoms with E-state index >= 15 is 0 Å². The van der Waals surface area contributed by atoms with E-state index in [0.717, 1.165) is 30.7 Å². The quantitative estimate of drug-likeness (QED) is 0.588. The number of rotatable bonds is 7. The molecule has 1 aliphatic carbocycles. The van der Waals surface area contributed by atoms with Gasteiger partial charge in [-0.3, -0.25) is 14.5 Å². The van der Waals surface area contributed by atoms with Crippen LogP contribution in [0.25, 0.3) is 11.4 Å². The summed E-state index contributed by atoms with van der Waals surface area (Å²) in [5.41, 5.74) is 4.39. The Kier molecular flexibility index (Phi) is 6.55. The van der Waals surface area contributed by atoms with Crippen LogP contribution in [0.4, 0.5) is 0 Å². The second kappa shape index (κ2) is 9.49. The zero-order valence-corrected chi connectivity index (χ0v) is 17.9. The molecule has 0 fully saturated rings. The van der Waals surface area contributed by atoms with Crippen LogP contribution in [0.5, 0.6) is 5.75 Å². The van der Waals surface area contributed by atoms with Gasteiger partial charge < -0.3 is 10.1 Å². The number of halogens is 2. The molecule has 6 nitrogen and oxygen atoms in total. The van der Waals surface area contributed by atoms with E-state index in [1.165, 1.54) is 17.7 Å². The highest BCUT2D eigenvalue weighted by Crippen LogP contribution is 2.30. The van der Waals surface area contributed by atoms with Crippen LogP contribution in [0.15, 0.2) is 42.6 Å². The van der Waals surface area contributed by atoms with Crippen molar-refractivity contribution in [3.05, 3.63) is 63.9 Å².